The van der Waals surface area contributed by atoms with Gasteiger partial charge in [-0.05, 0) is 0 Å². The molecule has 30 N–H and O–H groups in total. The number of hydrogen-bond donors (Lipinski definition) is 30. The molecular weight excluding hydrogens is 1590 g/mol. The van der Waals surface area contributed by atoms with Crippen molar-refractivity contribution in [2.75, 3.05) is 52.9 Å². The molecule has 0 aromatic heterocycles. The van der Waals surface area contributed by atoms with Crippen molar-refractivity contribution in [2.24, 2.45) is 0 Å². The summed E-state index contributed by atoms with van der Waals surface area (Å²) in [5, 5.41) is 288. The summed E-state index contributed by atoms with van der Waals surface area (Å²) in [6.45, 7) is -4.62. The SMILES string of the molecule is CC(=O)N[C@@H]1[C@@H](O[C@@H]2O[C@H](CO)[C@H](O)[C@H](O[C@]3(C(=O)O)C[C@H](O)[C@@H](NC(C)=O)[C@H]([C@H](O)[C@H](O)CO)O3)[C@H]2O)[C@@H](O)[C@@H](CO[C@@H]2O[C@H](CO)[C@@H](O[C@@H]3O[C@H](CO)[C@H](O)[C@H](O[C@@H]4O[C@H](CO)[C@@H](O[C@@H]5O[C@H](CO)[C@H](O)[C@H](O[C@]6(C(=O)O)C[C@H](O)[C@@H](NC(C)=O)[C@H]([C@H](O)[C@H](O)CO)O6)[C@H]5O)[C@H](O)[C@H]4NC(C)=O)[C@H]3O)[C@H](O)[C@H]2NC(C)=O)O[C@@H]1O. The van der Waals surface area contributed by atoms with Crippen molar-refractivity contribution in [3.8, 4) is 0 Å². The van der Waals surface area contributed by atoms with Crippen molar-refractivity contribution in [1.82, 2.24) is 26.6 Å². The molecule has 8 fully saturated rings. The van der Waals surface area contributed by atoms with Gasteiger partial charge in [0.1, 0.15) is 183 Å². The highest BCUT2D eigenvalue weighted by Gasteiger charge is 2.64. The lowest BCUT2D eigenvalue weighted by atomic mass is 9.88. The van der Waals surface area contributed by atoms with Crippen molar-refractivity contribution in [2.45, 2.75) is 304 Å². The van der Waals surface area contributed by atoms with Crippen LogP contribution in [0.1, 0.15) is 47.5 Å². The van der Waals surface area contributed by atoms with Crippen LogP contribution in [-0.4, -0.2) is 479 Å². The minimum atomic E-state index is -3.27. The molecule has 0 spiro atoms. The number of aliphatic hydroxyl groups excluding tert-OH is 23. The quantitative estimate of drug-likeness (QED) is 0.0290. The minimum absolute atomic E-state index is 0.862. The van der Waals surface area contributed by atoms with Gasteiger partial charge in [0, 0.05) is 47.5 Å². The number of carboxylic acid groups (broad SMARTS) is 2. The van der Waals surface area contributed by atoms with Gasteiger partial charge < -0.3 is 225 Å². The molecule has 0 aliphatic carbocycles. The van der Waals surface area contributed by atoms with Crippen molar-refractivity contribution in [3.63, 3.8) is 0 Å². The summed E-state index contributed by atoms with van der Waals surface area (Å²) in [6, 6.07) is -9.20. The molecular formula is C64H105N5O47. The van der Waals surface area contributed by atoms with Crippen LogP contribution >= 0.6 is 0 Å². The molecule has 8 aliphatic rings. The van der Waals surface area contributed by atoms with Crippen LogP contribution in [-0.2, 0) is 105 Å². The topological polar surface area (TPSA) is 824 Å². The molecule has 8 heterocycles. The van der Waals surface area contributed by atoms with Crippen LogP contribution in [0.3, 0.4) is 0 Å². The highest BCUT2D eigenvalue weighted by atomic mass is 16.8. The predicted octanol–water partition coefficient (Wildman–Crippen LogP) is -19.3. The zero-order valence-corrected chi connectivity index (χ0v) is 62.3. The number of aliphatic carboxylic acids is 2. The standard InChI is InChI=1S/C64H105N5O47/c1-16(77)65-31-21(82)6-63(61(98)99,113-50(31)36(86)23(84)8-70)115-53-39(89)26(11-73)105-59(45(53)95)110-48-29(14-76)108-57(34(43(48)93)68-19(4)80)112-52-38(88)25(10-72)104-58(44(52)94)109-47-28(13-75)107-56(33(42(47)92)67-18(3)79)102-15-30-41(91)49(35(55(97)103-30)69-20(5)81)111-60-46(96)54(40(90)27(12-74)106-60)116-64(62(100)101)7-22(83)32(66-17(2)78)51(114-64)37(87)24(85)9-71/h21-60,70-76,82-97H,6-15H2,1-5H3,(H,65,77)(H,66,78)(H,67,79)(H,68,80)(H,69,81)(H,98,99)(H,100,101)/t21-,22-,23+,24+,25+,26+,27+,28+,29+,30+,31+,32+,33+,34+,35+,36+,37+,38-,39-,40-,41-,42+,43+,44+,45+,46+,47+,48+,49+,50+,51+,52-,53-,54-,55-,56+,57-,58-,59-,60-,63-,64-/m0/s1. The fourth-order valence-corrected chi connectivity index (χ4v) is 14.8. The van der Waals surface area contributed by atoms with Gasteiger partial charge in [0.25, 0.3) is 11.6 Å². The maximum atomic E-state index is 13.2. The number of carboxylic acids is 2. The fourth-order valence-electron chi connectivity index (χ4n) is 14.8. The highest BCUT2D eigenvalue weighted by molar-refractivity contribution is 5.78. The normalized spacial score (nSPS) is 44.6. The van der Waals surface area contributed by atoms with Crippen LogP contribution in [0.4, 0.5) is 0 Å². The average molecular weight is 1700 g/mol. The zero-order valence-electron chi connectivity index (χ0n) is 62.3. The van der Waals surface area contributed by atoms with Crippen molar-refractivity contribution < 1.29 is 232 Å². The lowest BCUT2D eigenvalue weighted by Crippen LogP contribution is -2.71. The Hall–Kier alpha value is -5.23. The molecule has 0 radical (unpaired) electrons. The summed E-state index contributed by atoms with van der Waals surface area (Å²) >= 11 is 0. The number of nitrogens with one attached hydrogen (secondary N) is 5. The monoisotopic (exact) mass is 1700 g/mol. The third kappa shape index (κ3) is 21.3. The molecule has 116 heavy (non-hydrogen) atoms. The third-order valence-electron chi connectivity index (χ3n) is 20.6. The summed E-state index contributed by atoms with van der Waals surface area (Å²) in [5.74, 6) is -15.4. The van der Waals surface area contributed by atoms with Crippen LogP contribution < -0.4 is 26.6 Å². The van der Waals surface area contributed by atoms with Crippen LogP contribution in [0.15, 0.2) is 0 Å². The first kappa shape index (κ1) is 96.2. The summed E-state index contributed by atoms with van der Waals surface area (Å²) < 4.78 is 87.1. The lowest BCUT2D eigenvalue weighted by molar-refractivity contribution is -0.389. The molecule has 668 valence electrons. The van der Waals surface area contributed by atoms with Gasteiger partial charge in [-0.2, -0.15) is 0 Å². The van der Waals surface area contributed by atoms with Crippen LogP contribution in [0.25, 0.3) is 0 Å². The summed E-state index contributed by atoms with van der Waals surface area (Å²) in [6.07, 6.45) is -78.4. The molecule has 0 aromatic carbocycles. The van der Waals surface area contributed by atoms with E-state index in [1.807, 2.05) is 0 Å². The predicted molar refractivity (Wildman–Crippen MR) is 357 cm³/mol. The molecule has 0 bridgehead atoms. The van der Waals surface area contributed by atoms with E-state index in [9.17, 15) is 161 Å². The van der Waals surface area contributed by atoms with Gasteiger partial charge in [-0.15, -0.1) is 0 Å². The van der Waals surface area contributed by atoms with E-state index in [-0.39, 0.29) is 0 Å². The van der Waals surface area contributed by atoms with E-state index in [4.69, 9.17) is 71.1 Å². The number of amides is 5. The summed E-state index contributed by atoms with van der Waals surface area (Å²) in [4.78, 5) is 89.1. The second kappa shape index (κ2) is 41.1. The van der Waals surface area contributed by atoms with E-state index in [1.54, 1.807) is 0 Å². The molecule has 52 heteroatoms. The molecule has 8 saturated heterocycles. The number of carbonyl (C=O) groups excluding carboxylic acids is 5. The van der Waals surface area contributed by atoms with E-state index in [0.29, 0.717) is 0 Å². The Morgan fingerprint density at radius 2 is 0.655 bits per heavy atom. The van der Waals surface area contributed by atoms with Gasteiger partial charge in [0.2, 0.25) is 29.5 Å². The van der Waals surface area contributed by atoms with Crippen molar-refractivity contribution in [3.05, 3.63) is 0 Å². The number of ether oxygens (including phenoxy) is 15. The Morgan fingerprint density at radius 3 is 1.01 bits per heavy atom. The van der Waals surface area contributed by atoms with Gasteiger partial charge >= 0.3 is 11.9 Å². The first-order chi connectivity index (χ1) is 54.5. The maximum absolute atomic E-state index is 13.2. The second-order valence-corrected chi connectivity index (χ2v) is 28.9. The Labute approximate surface area is 655 Å². The smallest absolute Gasteiger partial charge is 0.364 e. The molecule has 8 aliphatic heterocycles. The van der Waals surface area contributed by atoms with E-state index in [2.05, 4.69) is 26.6 Å². The molecule has 52 nitrogen and oxygen atoms in total. The number of hydrogen-bond acceptors (Lipinski definition) is 45. The highest BCUT2D eigenvalue weighted by Crippen LogP contribution is 2.43. The molecule has 8 rings (SSSR count). The summed E-state index contributed by atoms with van der Waals surface area (Å²) in [7, 11) is 0. The van der Waals surface area contributed by atoms with E-state index >= 15 is 0 Å². The number of rotatable bonds is 33. The Morgan fingerprint density at radius 1 is 0.353 bits per heavy atom. The zero-order chi connectivity index (χ0) is 86.3. The van der Waals surface area contributed by atoms with Crippen molar-refractivity contribution in [1.29, 1.82) is 0 Å². The average Bonchev–Trinajstić information content (AvgIpc) is 0.756. The Kier molecular flexibility index (Phi) is 34.1. The number of aliphatic hydroxyl groups is 23. The van der Waals surface area contributed by atoms with Crippen LogP contribution in [0, 0.1) is 0 Å². The van der Waals surface area contributed by atoms with Gasteiger partial charge in [0.15, 0.2) is 37.7 Å². The fraction of sp³-hybridized carbons (Fsp3) is 0.891. The first-order valence-electron chi connectivity index (χ1n) is 36.4. The lowest BCUT2D eigenvalue weighted by Gasteiger charge is -2.51. The van der Waals surface area contributed by atoms with Crippen LogP contribution in [0.5, 0.6) is 0 Å². The largest absolute Gasteiger partial charge is 0.477 e. The van der Waals surface area contributed by atoms with E-state index < -0.39 is 364 Å². The Balaban J connectivity index is 0.986. The van der Waals surface area contributed by atoms with Gasteiger partial charge in [0.05, 0.1) is 77.1 Å². The second-order valence-electron chi connectivity index (χ2n) is 28.9. The van der Waals surface area contributed by atoms with Gasteiger partial charge in [-0.1, -0.05) is 0 Å². The molecule has 0 saturated carbocycles. The van der Waals surface area contributed by atoms with Gasteiger partial charge in [-0.3, -0.25) is 24.0 Å². The maximum Gasteiger partial charge on any atom is 0.364 e. The summed E-state index contributed by atoms with van der Waals surface area (Å²) in [5.41, 5.74) is 0. The number of carbonyl (C=O) groups is 7. The first-order valence-corrected chi connectivity index (χ1v) is 36.4. The van der Waals surface area contributed by atoms with E-state index in [0.717, 1.165) is 34.6 Å². The molecule has 0 aromatic rings. The van der Waals surface area contributed by atoms with Gasteiger partial charge in [-0.25, -0.2) is 9.59 Å². The molecule has 5 amide bonds. The Bertz CT molecular complexity index is 3240. The molecule has 0 unspecified atom stereocenters. The van der Waals surface area contributed by atoms with Crippen LogP contribution in [0.2, 0.25) is 0 Å². The van der Waals surface area contributed by atoms with Crippen molar-refractivity contribution >= 4 is 41.5 Å². The third-order valence-corrected chi connectivity index (χ3v) is 20.6. The van der Waals surface area contributed by atoms with E-state index in [1.165, 1.54) is 0 Å². The minimum Gasteiger partial charge on any atom is -0.477 e. The molecule has 42 atom stereocenters.